The molecule has 2 heterocycles. The zero-order valence-electron chi connectivity index (χ0n) is 17.1. The van der Waals surface area contributed by atoms with Crippen molar-refractivity contribution in [3.05, 3.63) is 59.9 Å². The van der Waals surface area contributed by atoms with E-state index >= 15 is 0 Å². The summed E-state index contributed by atoms with van der Waals surface area (Å²) in [6.07, 6.45) is 2.11. The van der Waals surface area contributed by atoms with Gasteiger partial charge in [0.05, 0.1) is 0 Å². The van der Waals surface area contributed by atoms with Crippen LogP contribution in [0.5, 0.6) is 0 Å². The summed E-state index contributed by atoms with van der Waals surface area (Å²) >= 11 is 0. The van der Waals surface area contributed by atoms with Gasteiger partial charge in [-0.25, -0.2) is 0 Å². The van der Waals surface area contributed by atoms with Crippen molar-refractivity contribution in [1.29, 1.82) is 0 Å². The Morgan fingerprint density at radius 1 is 1.15 bits per heavy atom. The first-order chi connectivity index (χ1) is 12.9. The maximum Gasteiger partial charge on any atom is 0.219 e. The van der Waals surface area contributed by atoms with Crippen LogP contribution in [0.4, 0.5) is 0 Å². The van der Waals surface area contributed by atoms with Crippen LogP contribution in [-0.2, 0) is 18.4 Å². The third-order valence-electron chi connectivity index (χ3n) is 5.67. The molecular weight excluding hydrogens is 334 g/mol. The molecule has 0 bridgehead atoms. The molecule has 1 aromatic carbocycles. The number of hydrogen-bond acceptors (Lipinski definition) is 2. The van der Waals surface area contributed by atoms with Gasteiger partial charge >= 0.3 is 0 Å². The predicted octanol–water partition coefficient (Wildman–Crippen LogP) is 3.75. The molecule has 1 fully saturated rings. The second kappa shape index (κ2) is 8.75. The summed E-state index contributed by atoms with van der Waals surface area (Å²) in [5.74, 6) is 1.62. The van der Waals surface area contributed by atoms with Gasteiger partial charge in [0.25, 0.3) is 0 Å². The maximum atomic E-state index is 12.2. The SMILES string of the molecule is CC(=O)N(CC(C)C)C[C@@H]1CN(Cc2cccn2C)C[C@H]1c1ccccc1. The average Bonchev–Trinajstić information content (AvgIpc) is 3.21. The van der Waals surface area contributed by atoms with E-state index in [4.69, 9.17) is 0 Å². The summed E-state index contributed by atoms with van der Waals surface area (Å²) in [5.41, 5.74) is 2.73. The van der Waals surface area contributed by atoms with Gasteiger partial charge in [-0.15, -0.1) is 0 Å². The Morgan fingerprint density at radius 3 is 2.48 bits per heavy atom. The third kappa shape index (κ3) is 5.01. The Morgan fingerprint density at radius 2 is 1.89 bits per heavy atom. The molecule has 2 aromatic rings. The van der Waals surface area contributed by atoms with Gasteiger partial charge in [-0.05, 0) is 29.5 Å². The molecule has 0 unspecified atom stereocenters. The number of carbonyl (C=O) groups excluding carboxylic acids is 1. The highest BCUT2D eigenvalue weighted by molar-refractivity contribution is 5.73. The van der Waals surface area contributed by atoms with Crippen molar-refractivity contribution in [2.45, 2.75) is 33.2 Å². The predicted molar refractivity (Wildman–Crippen MR) is 110 cm³/mol. The number of likely N-dealkylation sites (tertiary alicyclic amines) is 1. The molecule has 0 N–H and O–H groups in total. The van der Waals surface area contributed by atoms with Crippen LogP contribution >= 0.6 is 0 Å². The minimum absolute atomic E-state index is 0.191. The monoisotopic (exact) mass is 367 g/mol. The first kappa shape index (κ1) is 19.7. The first-order valence-corrected chi connectivity index (χ1v) is 10.1. The Kier molecular flexibility index (Phi) is 6.38. The summed E-state index contributed by atoms with van der Waals surface area (Å²) < 4.78 is 2.20. The van der Waals surface area contributed by atoms with Crippen molar-refractivity contribution in [2.75, 3.05) is 26.2 Å². The quantitative estimate of drug-likeness (QED) is 0.746. The average molecular weight is 368 g/mol. The molecule has 0 radical (unpaired) electrons. The van der Waals surface area contributed by atoms with Crippen molar-refractivity contribution in [2.24, 2.45) is 18.9 Å². The maximum absolute atomic E-state index is 12.2. The van der Waals surface area contributed by atoms with Gasteiger partial charge in [0, 0.05) is 64.5 Å². The molecular formula is C23H33N3O. The van der Waals surface area contributed by atoms with Gasteiger partial charge in [0.15, 0.2) is 0 Å². The van der Waals surface area contributed by atoms with Crippen LogP contribution in [0.25, 0.3) is 0 Å². The van der Waals surface area contributed by atoms with Crippen molar-refractivity contribution in [1.82, 2.24) is 14.4 Å². The van der Waals surface area contributed by atoms with Crippen LogP contribution in [0.2, 0.25) is 0 Å². The fourth-order valence-corrected chi connectivity index (χ4v) is 4.30. The summed E-state index contributed by atoms with van der Waals surface area (Å²) in [5, 5.41) is 0. The zero-order valence-corrected chi connectivity index (χ0v) is 17.1. The smallest absolute Gasteiger partial charge is 0.219 e. The highest BCUT2D eigenvalue weighted by Gasteiger charge is 2.35. The highest BCUT2D eigenvalue weighted by atomic mass is 16.2. The largest absolute Gasteiger partial charge is 0.353 e. The van der Waals surface area contributed by atoms with Gasteiger partial charge in [0.2, 0.25) is 5.91 Å². The van der Waals surface area contributed by atoms with E-state index in [1.807, 2.05) is 0 Å². The van der Waals surface area contributed by atoms with Crippen molar-refractivity contribution < 1.29 is 4.79 Å². The molecule has 0 spiro atoms. The van der Waals surface area contributed by atoms with E-state index < -0.39 is 0 Å². The van der Waals surface area contributed by atoms with Gasteiger partial charge in [-0.2, -0.15) is 0 Å². The number of hydrogen-bond donors (Lipinski definition) is 0. The van der Waals surface area contributed by atoms with E-state index in [2.05, 4.69) is 83.9 Å². The number of rotatable bonds is 7. The summed E-state index contributed by atoms with van der Waals surface area (Å²) in [6, 6.07) is 15.1. The van der Waals surface area contributed by atoms with Gasteiger partial charge in [0.1, 0.15) is 0 Å². The van der Waals surface area contributed by atoms with E-state index in [1.165, 1.54) is 11.3 Å². The highest BCUT2D eigenvalue weighted by Crippen LogP contribution is 2.34. The van der Waals surface area contributed by atoms with Gasteiger partial charge in [-0.3, -0.25) is 9.69 Å². The molecule has 1 amide bonds. The lowest BCUT2D eigenvalue weighted by Crippen LogP contribution is -2.38. The van der Waals surface area contributed by atoms with Crippen molar-refractivity contribution in [3.63, 3.8) is 0 Å². The molecule has 1 aliphatic heterocycles. The first-order valence-electron chi connectivity index (χ1n) is 10.1. The lowest BCUT2D eigenvalue weighted by atomic mass is 9.88. The normalized spacial score (nSPS) is 20.3. The van der Waals surface area contributed by atoms with E-state index in [0.29, 0.717) is 17.8 Å². The molecule has 27 heavy (non-hydrogen) atoms. The molecule has 146 valence electrons. The molecule has 0 saturated carbocycles. The number of aromatic nitrogens is 1. The second-order valence-corrected chi connectivity index (χ2v) is 8.40. The molecule has 4 nitrogen and oxygen atoms in total. The standard InChI is InChI=1S/C23H33N3O/c1-18(2)13-26(19(3)27)15-21-14-25(16-22-11-8-12-24(22)4)17-23(21)20-9-6-5-7-10-20/h5-12,18,21,23H,13-17H2,1-4H3/t21-,23-/m0/s1. The number of benzene rings is 1. The minimum Gasteiger partial charge on any atom is -0.353 e. The summed E-state index contributed by atoms with van der Waals surface area (Å²) in [7, 11) is 2.11. The Balaban J connectivity index is 1.77. The molecule has 1 saturated heterocycles. The van der Waals surface area contributed by atoms with Gasteiger partial charge in [-0.1, -0.05) is 44.2 Å². The molecule has 3 rings (SSSR count). The Hall–Kier alpha value is -2.07. The Labute approximate surface area is 163 Å². The van der Waals surface area contributed by atoms with Crippen LogP contribution in [0.3, 0.4) is 0 Å². The molecule has 4 heteroatoms. The third-order valence-corrected chi connectivity index (χ3v) is 5.67. The fourth-order valence-electron chi connectivity index (χ4n) is 4.30. The van der Waals surface area contributed by atoms with E-state index in [-0.39, 0.29) is 5.91 Å². The summed E-state index contributed by atoms with van der Waals surface area (Å²) in [4.78, 5) is 16.8. The minimum atomic E-state index is 0.191. The molecule has 1 aliphatic rings. The van der Waals surface area contributed by atoms with E-state index in [9.17, 15) is 4.79 Å². The lowest BCUT2D eigenvalue weighted by molar-refractivity contribution is -0.130. The second-order valence-electron chi connectivity index (χ2n) is 8.40. The lowest BCUT2D eigenvalue weighted by Gasteiger charge is -2.29. The van der Waals surface area contributed by atoms with Crippen LogP contribution in [0.1, 0.15) is 37.9 Å². The van der Waals surface area contributed by atoms with Crippen LogP contribution in [0, 0.1) is 11.8 Å². The zero-order chi connectivity index (χ0) is 19.4. The number of amides is 1. The molecule has 1 aromatic heterocycles. The van der Waals surface area contributed by atoms with Crippen molar-refractivity contribution >= 4 is 5.91 Å². The van der Waals surface area contributed by atoms with Crippen LogP contribution in [-0.4, -0.2) is 46.5 Å². The van der Waals surface area contributed by atoms with Crippen LogP contribution in [0.15, 0.2) is 48.7 Å². The Bertz CT molecular complexity index is 737. The number of carbonyl (C=O) groups is 1. The number of aryl methyl sites for hydroxylation is 1. The fraction of sp³-hybridized carbons (Fsp3) is 0.522. The van der Waals surface area contributed by atoms with Crippen LogP contribution < -0.4 is 0 Å². The van der Waals surface area contributed by atoms with E-state index in [1.54, 1.807) is 6.92 Å². The van der Waals surface area contributed by atoms with Crippen molar-refractivity contribution in [3.8, 4) is 0 Å². The number of nitrogens with zero attached hydrogens (tertiary/aromatic N) is 3. The molecule has 2 atom stereocenters. The summed E-state index contributed by atoms with van der Waals surface area (Å²) in [6.45, 7) is 10.8. The topological polar surface area (TPSA) is 28.5 Å². The van der Waals surface area contributed by atoms with Gasteiger partial charge < -0.3 is 9.47 Å². The molecule has 0 aliphatic carbocycles. The van der Waals surface area contributed by atoms with E-state index in [0.717, 1.165) is 32.7 Å².